The zero-order valence-electron chi connectivity index (χ0n) is 10.3. The summed E-state index contributed by atoms with van der Waals surface area (Å²) >= 11 is 0. The molecule has 0 atom stereocenters. The van der Waals surface area contributed by atoms with Gasteiger partial charge in [0.25, 0.3) is 0 Å². The molecule has 1 aliphatic heterocycles. The van der Waals surface area contributed by atoms with Crippen LogP contribution in [0, 0.1) is 0 Å². The molecular weight excluding hydrogens is 261 g/mol. The second kappa shape index (κ2) is 4.71. The number of carbonyl (C=O) groups is 1. The Hall–Kier alpha value is -1.79. The van der Waals surface area contributed by atoms with Crippen molar-refractivity contribution >= 4 is 11.6 Å². The van der Waals surface area contributed by atoms with Crippen LogP contribution in [0.25, 0.3) is 0 Å². The van der Waals surface area contributed by atoms with Crippen LogP contribution in [0.2, 0.25) is 0 Å². The van der Waals surface area contributed by atoms with Crippen molar-refractivity contribution in [2.24, 2.45) is 0 Å². The zero-order chi connectivity index (χ0) is 14.2. The standard InChI is InChI=1S/C12H13F3N2O2/c1-2-7-6-9(18)10-8(16-7)4-3-5-17(10)11(19)12(13,14)15/h6H,2-5H2,1H3,(H,16,18). The third-order valence-electron chi connectivity index (χ3n) is 3.08. The predicted octanol–water partition coefficient (Wildman–Crippen LogP) is 1.78. The van der Waals surface area contributed by atoms with Gasteiger partial charge in [0, 0.05) is 24.0 Å². The molecular formula is C12H13F3N2O2. The summed E-state index contributed by atoms with van der Waals surface area (Å²) in [6, 6.07) is 1.25. The fourth-order valence-corrected chi connectivity index (χ4v) is 2.21. The molecule has 1 N–H and O–H groups in total. The monoisotopic (exact) mass is 274 g/mol. The van der Waals surface area contributed by atoms with Crippen LogP contribution in [0.5, 0.6) is 0 Å². The minimum Gasteiger partial charge on any atom is -0.360 e. The van der Waals surface area contributed by atoms with Crippen LogP contribution in [0.4, 0.5) is 18.9 Å². The number of halogens is 3. The number of aryl methyl sites for hydroxylation is 2. The van der Waals surface area contributed by atoms with E-state index in [2.05, 4.69) is 4.98 Å². The predicted molar refractivity (Wildman–Crippen MR) is 63.2 cm³/mol. The topological polar surface area (TPSA) is 53.2 Å². The number of hydrogen-bond donors (Lipinski definition) is 1. The molecule has 1 aromatic rings. The van der Waals surface area contributed by atoms with Crippen molar-refractivity contribution in [2.75, 3.05) is 11.4 Å². The third kappa shape index (κ3) is 2.50. The molecule has 7 heteroatoms. The van der Waals surface area contributed by atoms with Gasteiger partial charge in [0.15, 0.2) is 0 Å². The number of anilines is 1. The molecule has 2 rings (SSSR count). The van der Waals surface area contributed by atoms with Crippen molar-refractivity contribution in [1.29, 1.82) is 0 Å². The molecule has 4 nitrogen and oxygen atoms in total. The third-order valence-corrected chi connectivity index (χ3v) is 3.08. The lowest BCUT2D eigenvalue weighted by molar-refractivity contribution is -0.170. The molecule has 1 aliphatic rings. The summed E-state index contributed by atoms with van der Waals surface area (Å²) in [6.45, 7) is 1.75. The van der Waals surface area contributed by atoms with Crippen LogP contribution in [0.3, 0.4) is 0 Å². The summed E-state index contributed by atoms with van der Waals surface area (Å²) in [4.78, 5) is 26.7. The second-order valence-electron chi connectivity index (χ2n) is 4.40. The van der Waals surface area contributed by atoms with Crippen LogP contribution in [-0.4, -0.2) is 23.6 Å². The van der Waals surface area contributed by atoms with Crippen LogP contribution in [0.15, 0.2) is 10.9 Å². The Morgan fingerprint density at radius 1 is 1.47 bits per heavy atom. The molecule has 0 bridgehead atoms. The van der Waals surface area contributed by atoms with E-state index in [-0.39, 0.29) is 12.2 Å². The largest absolute Gasteiger partial charge is 0.471 e. The van der Waals surface area contributed by atoms with E-state index in [1.54, 1.807) is 0 Å². The van der Waals surface area contributed by atoms with Gasteiger partial charge in [0.2, 0.25) is 5.43 Å². The zero-order valence-corrected chi connectivity index (χ0v) is 10.3. The average Bonchev–Trinajstić information content (AvgIpc) is 2.35. The Balaban J connectivity index is 2.51. The first-order chi connectivity index (χ1) is 8.84. The highest BCUT2D eigenvalue weighted by molar-refractivity contribution is 5.98. The van der Waals surface area contributed by atoms with Crippen molar-refractivity contribution in [2.45, 2.75) is 32.4 Å². The number of rotatable bonds is 1. The lowest BCUT2D eigenvalue weighted by atomic mass is 10.1. The minimum absolute atomic E-state index is 0.0834. The van der Waals surface area contributed by atoms with Gasteiger partial charge in [0.1, 0.15) is 5.69 Å². The van der Waals surface area contributed by atoms with Gasteiger partial charge in [-0.25, -0.2) is 0 Å². The molecule has 1 aromatic heterocycles. The first kappa shape index (κ1) is 13.6. The first-order valence-corrected chi connectivity index (χ1v) is 5.98. The van der Waals surface area contributed by atoms with Crippen molar-refractivity contribution in [3.05, 3.63) is 27.7 Å². The van der Waals surface area contributed by atoms with E-state index in [0.29, 0.717) is 35.6 Å². The fraction of sp³-hybridized carbons (Fsp3) is 0.500. The van der Waals surface area contributed by atoms with E-state index in [0.717, 1.165) is 0 Å². The van der Waals surface area contributed by atoms with Crippen LogP contribution < -0.4 is 10.3 Å². The number of amides is 1. The molecule has 0 aliphatic carbocycles. The molecule has 0 fully saturated rings. The fourth-order valence-electron chi connectivity index (χ4n) is 2.21. The Morgan fingerprint density at radius 3 is 2.74 bits per heavy atom. The molecule has 0 aromatic carbocycles. The van der Waals surface area contributed by atoms with Crippen molar-refractivity contribution < 1.29 is 18.0 Å². The number of aromatic nitrogens is 1. The smallest absolute Gasteiger partial charge is 0.360 e. The van der Waals surface area contributed by atoms with Crippen molar-refractivity contribution in [3.63, 3.8) is 0 Å². The van der Waals surface area contributed by atoms with E-state index in [1.807, 2.05) is 6.92 Å². The van der Waals surface area contributed by atoms with Crippen LogP contribution >= 0.6 is 0 Å². The summed E-state index contributed by atoms with van der Waals surface area (Å²) in [5.74, 6) is -1.98. The number of nitrogens with one attached hydrogen (secondary N) is 1. The summed E-state index contributed by atoms with van der Waals surface area (Å²) in [5.41, 5.74) is 0.368. The number of carbonyl (C=O) groups excluding carboxylic acids is 1. The van der Waals surface area contributed by atoms with Gasteiger partial charge in [-0.3, -0.25) is 14.5 Å². The van der Waals surface area contributed by atoms with Gasteiger partial charge in [-0.05, 0) is 19.3 Å². The summed E-state index contributed by atoms with van der Waals surface area (Å²) in [6.07, 6.45) is -3.52. The molecule has 1 amide bonds. The summed E-state index contributed by atoms with van der Waals surface area (Å²) in [7, 11) is 0. The number of alkyl halides is 3. The van der Waals surface area contributed by atoms with Crippen molar-refractivity contribution in [1.82, 2.24) is 4.98 Å². The van der Waals surface area contributed by atoms with E-state index >= 15 is 0 Å². The molecule has 0 unspecified atom stereocenters. The molecule has 0 saturated heterocycles. The Kier molecular flexibility index (Phi) is 3.38. The molecule has 2 heterocycles. The second-order valence-corrected chi connectivity index (χ2v) is 4.40. The molecule has 0 saturated carbocycles. The van der Waals surface area contributed by atoms with E-state index in [9.17, 15) is 22.8 Å². The number of aromatic amines is 1. The quantitative estimate of drug-likeness (QED) is 0.848. The SMILES string of the molecule is CCc1cc(=O)c2c([nH]1)CCCN2C(=O)C(F)(F)F. The minimum atomic E-state index is -4.97. The van der Waals surface area contributed by atoms with E-state index < -0.39 is 17.5 Å². The highest BCUT2D eigenvalue weighted by Crippen LogP contribution is 2.27. The average molecular weight is 274 g/mol. The number of H-pyrrole nitrogens is 1. The maximum Gasteiger partial charge on any atom is 0.471 e. The summed E-state index contributed by atoms with van der Waals surface area (Å²) < 4.78 is 37.5. The Morgan fingerprint density at radius 2 is 2.16 bits per heavy atom. The van der Waals surface area contributed by atoms with Crippen LogP contribution in [-0.2, 0) is 17.6 Å². The summed E-state index contributed by atoms with van der Waals surface area (Å²) in [5, 5.41) is 0. The van der Waals surface area contributed by atoms with E-state index in [1.165, 1.54) is 6.07 Å². The van der Waals surface area contributed by atoms with Gasteiger partial charge in [-0.2, -0.15) is 13.2 Å². The molecule has 104 valence electrons. The Labute approximate surface area is 107 Å². The van der Waals surface area contributed by atoms with Gasteiger partial charge < -0.3 is 4.98 Å². The molecule has 0 spiro atoms. The van der Waals surface area contributed by atoms with Crippen molar-refractivity contribution in [3.8, 4) is 0 Å². The van der Waals surface area contributed by atoms with Gasteiger partial charge >= 0.3 is 12.1 Å². The Bertz CT molecular complexity index is 563. The highest BCUT2D eigenvalue weighted by atomic mass is 19.4. The van der Waals surface area contributed by atoms with E-state index in [4.69, 9.17) is 0 Å². The number of fused-ring (bicyclic) bond motifs is 1. The maximum absolute atomic E-state index is 12.5. The van der Waals surface area contributed by atoms with Gasteiger partial charge in [0.05, 0.1) is 0 Å². The number of pyridine rings is 1. The normalized spacial score (nSPS) is 15.3. The maximum atomic E-state index is 12.5. The number of hydrogen-bond acceptors (Lipinski definition) is 2. The number of nitrogens with zero attached hydrogens (tertiary/aromatic N) is 1. The molecule has 0 radical (unpaired) electrons. The van der Waals surface area contributed by atoms with Gasteiger partial charge in [-0.15, -0.1) is 0 Å². The molecule has 19 heavy (non-hydrogen) atoms. The van der Waals surface area contributed by atoms with Crippen LogP contribution in [0.1, 0.15) is 24.7 Å². The highest BCUT2D eigenvalue weighted by Gasteiger charge is 2.44. The van der Waals surface area contributed by atoms with Gasteiger partial charge in [-0.1, -0.05) is 6.92 Å². The lowest BCUT2D eigenvalue weighted by Gasteiger charge is -2.29. The first-order valence-electron chi connectivity index (χ1n) is 5.98. The lowest BCUT2D eigenvalue weighted by Crippen LogP contribution is -2.46.